The van der Waals surface area contributed by atoms with Gasteiger partial charge < -0.3 is 20.1 Å². The number of nitrogens with one attached hydrogen (secondary N) is 2. The molecule has 0 atom stereocenters. The molecule has 6 heteroatoms. The van der Waals surface area contributed by atoms with E-state index in [1.54, 1.807) is 38.3 Å². The molecule has 2 amide bonds. The van der Waals surface area contributed by atoms with Crippen LogP contribution >= 0.6 is 0 Å². The molecular weight excluding hydrogens is 236 g/mol. The summed E-state index contributed by atoms with van der Waals surface area (Å²) < 4.78 is 9.65. The van der Waals surface area contributed by atoms with Crippen molar-refractivity contribution < 1.29 is 19.1 Å². The normalized spacial score (nSPS) is 9.44. The fourth-order valence-corrected chi connectivity index (χ4v) is 1.24. The minimum Gasteiger partial charge on any atom is -0.497 e. The Balaban J connectivity index is 2.42. The zero-order valence-corrected chi connectivity index (χ0v) is 10.4. The minimum absolute atomic E-state index is 0.143. The van der Waals surface area contributed by atoms with Crippen LogP contribution in [-0.4, -0.2) is 32.3 Å². The first-order valence-corrected chi connectivity index (χ1v) is 5.50. The second-order valence-corrected chi connectivity index (χ2v) is 3.35. The second kappa shape index (κ2) is 7.16. The van der Waals surface area contributed by atoms with Crippen molar-refractivity contribution in [1.29, 1.82) is 0 Å². The van der Waals surface area contributed by atoms with E-state index in [-0.39, 0.29) is 19.1 Å². The van der Waals surface area contributed by atoms with Crippen molar-refractivity contribution in [1.82, 2.24) is 5.32 Å². The summed E-state index contributed by atoms with van der Waals surface area (Å²) in [4.78, 5) is 22.5. The maximum Gasteiger partial charge on any atom is 0.407 e. The standard InChI is InChI=1S/C12H16N2O4/c1-3-18-12(16)13-8-11(15)14-9-5-4-6-10(7-9)17-2/h4-7H,3,8H2,1-2H3,(H,13,16)(H,14,15). The van der Waals surface area contributed by atoms with Crippen molar-refractivity contribution in [3.8, 4) is 5.75 Å². The lowest BCUT2D eigenvalue weighted by molar-refractivity contribution is -0.115. The van der Waals surface area contributed by atoms with Gasteiger partial charge in [0.15, 0.2) is 0 Å². The van der Waals surface area contributed by atoms with Gasteiger partial charge in [0, 0.05) is 11.8 Å². The molecule has 0 aliphatic carbocycles. The first-order valence-electron chi connectivity index (χ1n) is 5.50. The summed E-state index contributed by atoms with van der Waals surface area (Å²) in [7, 11) is 1.54. The topological polar surface area (TPSA) is 76.7 Å². The van der Waals surface area contributed by atoms with Crippen molar-refractivity contribution >= 4 is 17.7 Å². The number of methoxy groups -OCH3 is 1. The van der Waals surface area contributed by atoms with Gasteiger partial charge in [0.1, 0.15) is 12.3 Å². The SMILES string of the molecule is CCOC(=O)NCC(=O)Nc1cccc(OC)c1. The van der Waals surface area contributed by atoms with Gasteiger partial charge in [0.25, 0.3) is 0 Å². The van der Waals surface area contributed by atoms with Crippen LogP contribution in [0, 0.1) is 0 Å². The predicted molar refractivity (Wildman–Crippen MR) is 66.6 cm³/mol. The molecule has 18 heavy (non-hydrogen) atoms. The number of carbonyl (C=O) groups is 2. The Hall–Kier alpha value is -2.24. The lowest BCUT2D eigenvalue weighted by Gasteiger charge is -2.08. The fourth-order valence-electron chi connectivity index (χ4n) is 1.24. The molecule has 0 saturated heterocycles. The fraction of sp³-hybridized carbons (Fsp3) is 0.333. The summed E-state index contributed by atoms with van der Waals surface area (Å²) in [6.45, 7) is 1.81. The average Bonchev–Trinajstić information content (AvgIpc) is 2.37. The number of amides is 2. The Kier molecular flexibility index (Phi) is 5.50. The van der Waals surface area contributed by atoms with E-state index in [2.05, 4.69) is 15.4 Å². The van der Waals surface area contributed by atoms with Gasteiger partial charge in [0.2, 0.25) is 5.91 Å². The number of alkyl carbamates (subject to hydrolysis) is 1. The number of hydrogen-bond acceptors (Lipinski definition) is 4. The molecule has 0 aromatic heterocycles. The summed E-state index contributed by atoms with van der Waals surface area (Å²) in [6.07, 6.45) is -0.613. The number of ether oxygens (including phenoxy) is 2. The van der Waals surface area contributed by atoms with Crippen molar-refractivity contribution in [2.45, 2.75) is 6.92 Å². The van der Waals surface area contributed by atoms with Crippen LogP contribution in [0.2, 0.25) is 0 Å². The third-order valence-electron chi connectivity index (χ3n) is 2.02. The smallest absolute Gasteiger partial charge is 0.407 e. The number of anilines is 1. The van der Waals surface area contributed by atoms with Crippen LogP contribution < -0.4 is 15.4 Å². The molecule has 0 unspecified atom stereocenters. The molecule has 0 saturated carbocycles. The zero-order valence-electron chi connectivity index (χ0n) is 10.4. The van der Waals surface area contributed by atoms with Crippen LogP contribution in [0.25, 0.3) is 0 Å². The molecule has 0 aliphatic rings. The number of carbonyl (C=O) groups excluding carboxylic acids is 2. The number of benzene rings is 1. The van der Waals surface area contributed by atoms with Gasteiger partial charge in [-0.25, -0.2) is 4.79 Å². The summed E-state index contributed by atoms with van der Waals surface area (Å²) >= 11 is 0. The molecule has 98 valence electrons. The average molecular weight is 252 g/mol. The third-order valence-corrected chi connectivity index (χ3v) is 2.02. The first kappa shape index (κ1) is 13.8. The highest BCUT2D eigenvalue weighted by atomic mass is 16.5. The lowest BCUT2D eigenvalue weighted by atomic mass is 10.3. The van der Waals surface area contributed by atoms with Gasteiger partial charge in [-0.1, -0.05) is 6.07 Å². The van der Waals surface area contributed by atoms with Crippen molar-refractivity contribution in [2.75, 3.05) is 25.6 Å². The number of hydrogen-bond donors (Lipinski definition) is 2. The molecule has 1 aromatic carbocycles. The van der Waals surface area contributed by atoms with Crippen LogP contribution in [0.3, 0.4) is 0 Å². The van der Waals surface area contributed by atoms with Gasteiger partial charge in [-0.05, 0) is 19.1 Å². The largest absolute Gasteiger partial charge is 0.497 e. The third kappa shape index (κ3) is 4.73. The van der Waals surface area contributed by atoms with E-state index in [0.29, 0.717) is 11.4 Å². The molecule has 1 aromatic rings. The van der Waals surface area contributed by atoms with E-state index in [1.807, 2.05) is 0 Å². The van der Waals surface area contributed by atoms with E-state index >= 15 is 0 Å². The second-order valence-electron chi connectivity index (χ2n) is 3.35. The van der Waals surface area contributed by atoms with E-state index in [0.717, 1.165) is 0 Å². The van der Waals surface area contributed by atoms with Crippen molar-refractivity contribution in [3.05, 3.63) is 24.3 Å². The highest BCUT2D eigenvalue weighted by Gasteiger charge is 2.06. The van der Waals surface area contributed by atoms with Gasteiger partial charge in [0.05, 0.1) is 13.7 Å². The minimum atomic E-state index is -0.613. The van der Waals surface area contributed by atoms with E-state index < -0.39 is 6.09 Å². The quantitative estimate of drug-likeness (QED) is 0.830. The van der Waals surface area contributed by atoms with Crippen molar-refractivity contribution in [2.24, 2.45) is 0 Å². The highest BCUT2D eigenvalue weighted by molar-refractivity contribution is 5.93. The molecular formula is C12H16N2O4. The van der Waals surface area contributed by atoms with Crippen LogP contribution in [-0.2, 0) is 9.53 Å². The zero-order chi connectivity index (χ0) is 13.4. The van der Waals surface area contributed by atoms with E-state index in [1.165, 1.54) is 0 Å². The Morgan fingerprint density at radius 3 is 2.78 bits per heavy atom. The van der Waals surface area contributed by atoms with Crippen LogP contribution in [0.1, 0.15) is 6.92 Å². The van der Waals surface area contributed by atoms with Crippen LogP contribution in [0.5, 0.6) is 5.75 Å². The summed E-state index contributed by atoms with van der Waals surface area (Å²) in [5.74, 6) is 0.308. The van der Waals surface area contributed by atoms with Gasteiger partial charge in [-0.3, -0.25) is 4.79 Å². The first-order chi connectivity index (χ1) is 8.65. The molecule has 1 rings (SSSR count). The maximum absolute atomic E-state index is 11.5. The van der Waals surface area contributed by atoms with Crippen molar-refractivity contribution in [3.63, 3.8) is 0 Å². The summed E-state index contributed by atoms with van der Waals surface area (Å²) in [6, 6.07) is 6.94. The van der Waals surface area contributed by atoms with Gasteiger partial charge >= 0.3 is 6.09 Å². The number of rotatable bonds is 5. The van der Waals surface area contributed by atoms with Gasteiger partial charge in [-0.2, -0.15) is 0 Å². The van der Waals surface area contributed by atoms with Gasteiger partial charge in [-0.15, -0.1) is 0 Å². The molecule has 2 N–H and O–H groups in total. The molecule has 0 fully saturated rings. The molecule has 0 aliphatic heterocycles. The van der Waals surface area contributed by atoms with E-state index in [9.17, 15) is 9.59 Å². The monoisotopic (exact) mass is 252 g/mol. The highest BCUT2D eigenvalue weighted by Crippen LogP contribution is 2.16. The summed E-state index contributed by atoms with van der Waals surface area (Å²) in [5.41, 5.74) is 0.602. The molecule has 0 spiro atoms. The molecule has 0 radical (unpaired) electrons. The molecule has 6 nitrogen and oxygen atoms in total. The Morgan fingerprint density at radius 2 is 2.11 bits per heavy atom. The Labute approximate surface area is 105 Å². The summed E-state index contributed by atoms with van der Waals surface area (Å²) in [5, 5.41) is 4.95. The Bertz CT molecular complexity index is 420. The van der Waals surface area contributed by atoms with Crippen LogP contribution in [0.15, 0.2) is 24.3 Å². The Morgan fingerprint density at radius 1 is 1.33 bits per heavy atom. The van der Waals surface area contributed by atoms with Crippen LogP contribution in [0.4, 0.5) is 10.5 Å². The molecule has 0 heterocycles. The molecule has 0 bridgehead atoms. The maximum atomic E-state index is 11.5. The van der Waals surface area contributed by atoms with E-state index in [4.69, 9.17) is 4.74 Å². The predicted octanol–water partition coefficient (Wildman–Crippen LogP) is 1.38. The lowest BCUT2D eigenvalue weighted by Crippen LogP contribution is -2.33.